The summed E-state index contributed by atoms with van der Waals surface area (Å²) in [5.41, 5.74) is 2.03. The van der Waals surface area contributed by atoms with Crippen LogP contribution in [0.3, 0.4) is 0 Å². The number of carbonyl (C=O) groups is 1. The van der Waals surface area contributed by atoms with Gasteiger partial charge in [-0.2, -0.15) is 0 Å². The van der Waals surface area contributed by atoms with Crippen molar-refractivity contribution in [3.05, 3.63) is 82.3 Å². The molecule has 0 saturated heterocycles. The first-order valence-corrected chi connectivity index (χ1v) is 6.74. The monoisotopic (exact) mass is 312 g/mol. The van der Waals surface area contributed by atoms with E-state index in [1.54, 1.807) is 12.2 Å². The average Bonchev–Trinajstić information content (AvgIpc) is 2.45. The molecule has 0 aromatic heterocycles. The molecule has 1 nitrogen and oxygen atoms in total. The van der Waals surface area contributed by atoms with Crippen LogP contribution in [-0.4, -0.2) is 5.78 Å². The van der Waals surface area contributed by atoms with Gasteiger partial charge in [0.05, 0.1) is 0 Å². The molecule has 0 fully saturated rings. The van der Waals surface area contributed by atoms with Crippen molar-refractivity contribution in [1.82, 2.24) is 0 Å². The molecule has 2 heteroatoms. The predicted octanol–water partition coefficient (Wildman–Crippen LogP) is 4.74. The molecule has 19 heavy (non-hydrogen) atoms. The Morgan fingerprint density at radius 1 is 0.789 bits per heavy atom. The second-order valence-corrected chi connectivity index (χ2v) is 4.95. The third kappa shape index (κ3) is 4.68. The van der Waals surface area contributed by atoms with Crippen molar-refractivity contribution < 1.29 is 4.79 Å². The molecule has 0 saturated carbocycles. The van der Waals surface area contributed by atoms with Gasteiger partial charge in [-0.05, 0) is 35.4 Å². The summed E-state index contributed by atoms with van der Waals surface area (Å²) in [5.74, 6) is -0.0215. The van der Waals surface area contributed by atoms with Crippen LogP contribution >= 0.6 is 15.9 Å². The maximum Gasteiger partial charge on any atom is 0.178 e. The van der Waals surface area contributed by atoms with E-state index in [0.717, 1.165) is 15.6 Å². The molecule has 2 aromatic carbocycles. The summed E-state index contributed by atoms with van der Waals surface area (Å²) in [7, 11) is 0. The summed E-state index contributed by atoms with van der Waals surface area (Å²) in [6.45, 7) is 0. The Bertz CT molecular complexity index is 595. The average molecular weight is 313 g/mol. The fourth-order valence-corrected chi connectivity index (χ4v) is 1.81. The van der Waals surface area contributed by atoms with Crippen molar-refractivity contribution in [1.29, 1.82) is 0 Å². The summed E-state index contributed by atoms with van der Waals surface area (Å²) < 4.78 is 1.03. The zero-order valence-corrected chi connectivity index (χ0v) is 11.9. The van der Waals surface area contributed by atoms with Crippen LogP contribution in [0.25, 0.3) is 12.2 Å². The molecule has 2 rings (SSSR count). The number of allylic oxidation sites excluding steroid dienone is 2. The molecular weight excluding hydrogens is 300 g/mol. The van der Waals surface area contributed by atoms with E-state index in [0.29, 0.717) is 0 Å². The van der Waals surface area contributed by atoms with Crippen LogP contribution in [0.5, 0.6) is 0 Å². The molecule has 0 aliphatic carbocycles. The minimum absolute atomic E-state index is 0.0215. The number of rotatable bonds is 4. The molecule has 0 atom stereocenters. The SMILES string of the molecule is O=C(C=Cc1ccccc1)C=Cc1ccc(Br)cc1. The Morgan fingerprint density at radius 3 is 1.89 bits per heavy atom. The molecule has 0 N–H and O–H groups in total. The van der Waals surface area contributed by atoms with E-state index in [1.165, 1.54) is 0 Å². The van der Waals surface area contributed by atoms with Gasteiger partial charge in [0.2, 0.25) is 0 Å². The third-order valence-electron chi connectivity index (χ3n) is 2.55. The van der Waals surface area contributed by atoms with E-state index in [4.69, 9.17) is 0 Å². The summed E-state index contributed by atoms with van der Waals surface area (Å²) in [6.07, 6.45) is 6.77. The summed E-state index contributed by atoms with van der Waals surface area (Å²) in [4.78, 5) is 11.7. The van der Waals surface area contributed by atoms with Crippen LogP contribution in [0.15, 0.2) is 71.2 Å². The minimum Gasteiger partial charge on any atom is -0.290 e. The standard InChI is InChI=1S/C17H13BrO/c18-16-10-6-15(7-11-16)9-13-17(19)12-8-14-4-2-1-3-5-14/h1-13H. The molecule has 94 valence electrons. The van der Waals surface area contributed by atoms with E-state index in [2.05, 4.69) is 15.9 Å². The first-order chi connectivity index (χ1) is 9.24. The van der Waals surface area contributed by atoms with Gasteiger partial charge in [-0.1, -0.05) is 70.5 Å². The van der Waals surface area contributed by atoms with E-state index >= 15 is 0 Å². The Balaban J connectivity index is 1.98. The first kappa shape index (κ1) is 13.5. The highest BCUT2D eigenvalue weighted by atomic mass is 79.9. The molecule has 0 aliphatic rings. The van der Waals surface area contributed by atoms with Gasteiger partial charge in [0.15, 0.2) is 5.78 Å². The zero-order chi connectivity index (χ0) is 13.5. The largest absolute Gasteiger partial charge is 0.290 e. The smallest absolute Gasteiger partial charge is 0.178 e. The number of ketones is 1. The highest BCUT2D eigenvalue weighted by Crippen LogP contribution is 2.11. The second kappa shape index (κ2) is 6.86. The first-order valence-electron chi connectivity index (χ1n) is 5.95. The second-order valence-electron chi connectivity index (χ2n) is 4.03. The van der Waals surface area contributed by atoms with Gasteiger partial charge in [-0.15, -0.1) is 0 Å². The van der Waals surface area contributed by atoms with Crippen molar-refractivity contribution in [3.63, 3.8) is 0 Å². The van der Waals surface area contributed by atoms with Crippen LogP contribution in [0.1, 0.15) is 11.1 Å². The number of benzene rings is 2. The Labute approximate surface area is 121 Å². The predicted molar refractivity (Wildman–Crippen MR) is 83.7 cm³/mol. The normalized spacial score (nSPS) is 11.2. The highest BCUT2D eigenvalue weighted by Gasteiger charge is 1.91. The molecule has 0 aliphatic heterocycles. The number of halogens is 1. The maximum absolute atomic E-state index is 11.7. The van der Waals surface area contributed by atoms with E-state index in [1.807, 2.05) is 66.7 Å². The van der Waals surface area contributed by atoms with E-state index in [-0.39, 0.29) is 5.78 Å². The molecule has 2 aromatic rings. The summed E-state index contributed by atoms with van der Waals surface area (Å²) >= 11 is 3.37. The van der Waals surface area contributed by atoms with Gasteiger partial charge in [-0.25, -0.2) is 0 Å². The van der Waals surface area contributed by atoms with Gasteiger partial charge in [0.1, 0.15) is 0 Å². The number of hydrogen-bond donors (Lipinski definition) is 0. The Hall–Kier alpha value is -1.93. The van der Waals surface area contributed by atoms with Crippen molar-refractivity contribution in [2.24, 2.45) is 0 Å². The lowest BCUT2D eigenvalue weighted by atomic mass is 10.1. The molecule has 0 unspecified atom stereocenters. The van der Waals surface area contributed by atoms with Gasteiger partial charge in [0, 0.05) is 4.47 Å². The molecule has 0 amide bonds. The van der Waals surface area contributed by atoms with Crippen molar-refractivity contribution in [3.8, 4) is 0 Å². The van der Waals surface area contributed by atoms with Gasteiger partial charge in [-0.3, -0.25) is 4.79 Å². The molecular formula is C17H13BrO. The van der Waals surface area contributed by atoms with Crippen LogP contribution in [0, 0.1) is 0 Å². The van der Waals surface area contributed by atoms with Gasteiger partial charge in [0.25, 0.3) is 0 Å². The Morgan fingerprint density at radius 2 is 1.32 bits per heavy atom. The number of hydrogen-bond acceptors (Lipinski definition) is 1. The van der Waals surface area contributed by atoms with Gasteiger partial charge < -0.3 is 0 Å². The quantitative estimate of drug-likeness (QED) is 0.745. The lowest BCUT2D eigenvalue weighted by molar-refractivity contribution is -0.110. The number of carbonyl (C=O) groups excluding carboxylic acids is 1. The topological polar surface area (TPSA) is 17.1 Å². The van der Waals surface area contributed by atoms with Crippen LogP contribution in [-0.2, 0) is 4.79 Å². The summed E-state index contributed by atoms with van der Waals surface area (Å²) in [5, 5.41) is 0. The van der Waals surface area contributed by atoms with Crippen molar-refractivity contribution >= 4 is 33.9 Å². The van der Waals surface area contributed by atoms with Crippen LogP contribution in [0.2, 0.25) is 0 Å². The fraction of sp³-hybridized carbons (Fsp3) is 0. The van der Waals surface area contributed by atoms with Crippen molar-refractivity contribution in [2.75, 3.05) is 0 Å². The van der Waals surface area contributed by atoms with Crippen molar-refractivity contribution in [2.45, 2.75) is 0 Å². The molecule has 0 heterocycles. The molecule has 0 bridgehead atoms. The van der Waals surface area contributed by atoms with Crippen LogP contribution in [0.4, 0.5) is 0 Å². The van der Waals surface area contributed by atoms with Crippen LogP contribution < -0.4 is 0 Å². The van der Waals surface area contributed by atoms with E-state index < -0.39 is 0 Å². The molecule has 0 spiro atoms. The fourth-order valence-electron chi connectivity index (χ4n) is 1.55. The zero-order valence-electron chi connectivity index (χ0n) is 10.3. The summed E-state index contributed by atoms with van der Waals surface area (Å²) in [6, 6.07) is 17.6. The third-order valence-corrected chi connectivity index (χ3v) is 3.08. The Kier molecular flexibility index (Phi) is 4.87. The maximum atomic E-state index is 11.7. The highest BCUT2D eigenvalue weighted by molar-refractivity contribution is 9.10. The minimum atomic E-state index is -0.0215. The lowest BCUT2D eigenvalue weighted by Crippen LogP contribution is -1.84. The van der Waals surface area contributed by atoms with Gasteiger partial charge >= 0.3 is 0 Å². The van der Waals surface area contributed by atoms with E-state index in [9.17, 15) is 4.79 Å². The molecule has 0 radical (unpaired) electrons. The lowest BCUT2D eigenvalue weighted by Gasteiger charge is -1.93.